The quantitative estimate of drug-likeness (QED) is 0.701. The van der Waals surface area contributed by atoms with Gasteiger partial charge < -0.3 is 14.8 Å². The Hall–Kier alpha value is -2.12. The average molecular weight is 379 g/mol. The van der Waals surface area contributed by atoms with Crippen molar-refractivity contribution in [1.29, 1.82) is 0 Å². The number of anilines is 1. The van der Waals surface area contributed by atoms with Crippen molar-refractivity contribution in [2.75, 3.05) is 18.5 Å². The van der Waals surface area contributed by atoms with Crippen molar-refractivity contribution in [2.45, 2.75) is 29.6 Å². The minimum atomic E-state index is -2.55. The number of carbonyl (C=O) groups is 1. The number of carbonyl (C=O) groups excluding carboxylic acids is 1. The average Bonchev–Trinajstić information content (AvgIpc) is 3.15. The van der Waals surface area contributed by atoms with Crippen LogP contribution < -0.4 is 10.1 Å². The van der Waals surface area contributed by atoms with Crippen LogP contribution in [0.3, 0.4) is 0 Å². The number of alkyl halides is 2. The molecule has 3 rings (SSSR count). The van der Waals surface area contributed by atoms with Crippen LogP contribution in [-0.2, 0) is 4.74 Å². The second-order valence-electron chi connectivity index (χ2n) is 5.80. The molecule has 0 radical (unpaired) electrons. The van der Waals surface area contributed by atoms with Crippen LogP contribution in [0.15, 0.2) is 53.4 Å². The van der Waals surface area contributed by atoms with Crippen LogP contribution in [0.4, 0.5) is 14.5 Å². The van der Waals surface area contributed by atoms with Crippen LogP contribution >= 0.6 is 11.8 Å². The summed E-state index contributed by atoms with van der Waals surface area (Å²) in [4.78, 5) is 12.7. The molecule has 2 aromatic rings. The van der Waals surface area contributed by atoms with Gasteiger partial charge in [0, 0.05) is 17.1 Å². The van der Waals surface area contributed by atoms with Gasteiger partial charge >= 0.3 is 0 Å². The second-order valence-corrected chi connectivity index (χ2v) is 6.83. The fourth-order valence-electron chi connectivity index (χ4n) is 2.63. The Morgan fingerprint density at radius 2 is 2.00 bits per heavy atom. The summed E-state index contributed by atoms with van der Waals surface area (Å²) in [7, 11) is 0. The maximum atomic E-state index is 12.6. The Labute approximate surface area is 154 Å². The number of benzene rings is 2. The molecular weight excluding hydrogens is 360 g/mol. The van der Waals surface area contributed by atoms with Crippen LogP contribution in [-0.4, -0.2) is 31.0 Å². The van der Waals surface area contributed by atoms with Crippen molar-refractivity contribution in [2.24, 2.45) is 0 Å². The lowest BCUT2D eigenvalue weighted by molar-refractivity contribution is 0.0679. The summed E-state index contributed by atoms with van der Waals surface area (Å²) in [5, 5.41) is 2.67. The molecule has 1 fully saturated rings. The highest BCUT2D eigenvalue weighted by Crippen LogP contribution is 2.31. The maximum Gasteiger partial charge on any atom is 0.288 e. The van der Waals surface area contributed by atoms with Gasteiger partial charge in [-0.25, -0.2) is 0 Å². The summed E-state index contributed by atoms with van der Waals surface area (Å²) in [6.45, 7) is 1.27. The van der Waals surface area contributed by atoms with Gasteiger partial charge in [-0.3, -0.25) is 4.79 Å². The molecule has 1 amide bonds. The first-order valence-electron chi connectivity index (χ1n) is 8.31. The van der Waals surface area contributed by atoms with Crippen LogP contribution in [0, 0.1) is 0 Å². The highest BCUT2D eigenvalue weighted by molar-refractivity contribution is 7.99. The standard InChI is InChI=1S/C19H19F2NO3S/c20-19(21)26-17-6-2-1-5-16(17)22-18(23)13-7-9-14(10-8-13)25-12-15-4-3-11-24-15/h1-2,5-10,15,19H,3-4,11-12H2,(H,22,23). The van der Waals surface area contributed by atoms with Gasteiger partial charge in [-0.2, -0.15) is 8.78 Å². The summed E-state index contributed by atoms with van der Waals surface area (Å²) in [5.74, 6) is -2.25. The molecule has 1 heterocycles. The van der Waals surface area contributed by atoms with E-state index in [-0.39, 0.29) is 12.0 Å². The van der Waals surface area contributed by atoms with Gasteiger partial charge in [0.15, 0.2) is 0 Å². The molecule has 2 aromatic carbocycles. The van der Waals surface area contributed by atoms with Gasteiger partial charge in [-0.15, -0.1) is 0 Å². The van der Waals surface area contributed by atoms with E-state index in [1.54, 1.807) is 48.5 Å². The van der Waals surface area contributed by atoms with Crippen LogP contribution in [0.2, 0.25) is 0 Å². The van der Waals surface area contributed by atoms with Crippen molar-refractivity contribution >= 4 is 23.4 Å². The van der Waals surface area contributed by atoms with Crippen molar-refractivity contribution in [3.8, 4) is 5.75 Å². The van der Waals surface area contributed by atoms with E-state index in [0.29, 0.717) is 40.3 Å². The minimum Gasteiger partial charge on any atom is -0.491 e. The fraction of sp³-hybridized carbons (Fsp3) is 0.316. The highest BCUT2D eigenvalue weighted by Gasteiger charge is 2.16. The number of halogens is 2. The third-order valence-electron chi connectivity index (χ3n) is 3.93. The molecule has 4 nitrogen and oxygen atoms in total. The molecule has 0 saturated carbocycles. The Bertz CT molecular complexity index is 734. The smallest absolute Gasteiger partial charge is 0.288 e. The van der Waals surface area contributed by atoms with E-state index in [1.807, 2.05) is 0 Å². The minimum absolute atomic E-state index is 0.127. The molecule has 0 spiro atoms. The lowest BCUT2D eigenvalue weighted by atomic mass is 10.2. The van der Waals surface area contributed by atoms with Crippen molar-refractivity contribution in [1.82, 2.24) is 0 Å². The van der Waals surface area contributed by atoms with Gasteiger partial charge in [-0.1, -0.05) is 23.9 Å². The van der Waals surface area contributed by atoms with E-state index in [2.05, 4.69) is 5.32 Å². The predicted octanol–water partition coefficient (Wildman–Crippen LogP) is 4.81. The van der Waals surface area contributed by atoms with Crippen LogP contribution in [0.5, 0.6) is 5.75 Å². The summed E-state index contributed by atoms with van der Waals surface area (Å²) in [5.41, 5.74) is 0.785. The number of hydrogen-bond acceptors (Lipinski definition) is 4. The predicted molar refractivity (Wildman–Crippen MR) is 97.2 cm³/mol. The summed E-state index contributed by atoms with van der Waals surface area (Å²) < 4.78 is 36.4. The van der Waals surface area contributed by atoms with Crippen LogP contribution in [0.25, 0.3) is 0 Å². The lowest BCUT2D eigenvalue weighted by Gasteiger charge is -2.12. The number of rotatable bonds is 7. The van der Waals surface area contributed by atoms with E-state index in [0.717, 1.165) is 19.4 Å². The Kier molecular flexibility index (Phi) is 6.46. The van der Waals surface area contributed by atoms with Crippen molar-refractivity contribution in [3.63, 3.8) is 0 Å². The Morgan fingerprint density at radius 3 is 2.69 bits per heavy atom. The maximum absolute atomic E-state index is 12.6. The van der Waals surface area contributed by atoms with E-state index < -0.39 is 5.76 Å². The van der Waals surface area contributed by atoms with Gasteiger partial charge in [-0.05, 0) is 49.2 Å². The van der Waals surface area contributed by atoms with E-state index in [1.165, 1.54) is 0 Å². The first kappa shape index (κ1) is 18.7. The second kappa shape index (κ2) is 9.00. The molecule has 26 heavy (non-hydrogen) atoms. The third-order valence-corrected chi connectivity index (χ3v) is 4.72. The largest absolute Gasteiger partial charge is 0.491 e. The Morgan fingerprint density at radius 1 is 1.23 bits per heavy atom. The first-order valence-corrected chi connectivity index (χ1v) is 9.19. The molecule has 0 bridgehead atoms. The molecule has 0 aliphatic carbocycles. The molecule has 1 unspecified atom stereocenters. The molecule has 1 saturated heterocycles. The zero-order valence-corrected chi connectivity index (χ0v) is 14.8. The van der Waals surface area contributed by atoms with Crippen LogP contribution in [0.1, 0.15) is 23.2 Å². The molecular formula is C19H19F2NO3S. The van der Waals surface area contributed by atoms with Crippen molar-refractivity contribution < 1.29 is 23.0 Å². The normalized spacial score (nSPS) is 16.7. The SMILES string of the molecule is O=C(Nc1ccccc1SC(F)F)c1ccc(OCC2CCCO2)cc1. The zero-order chi connectivity index (χ0) is 18.4. The van der Waals surface area contributed by atoms with Gasteiger partial charge in [0.1, 0.15) is 12.4 Å². The molecule has 0 aromatic heterocycles. The number of para-hydroxylation sites is 1. The Balaban J connectivity index is 1.59. The van der Waals surface area contributed by atoms with E-state index >= 15 is 0 Å². The molecule has 138 valence electrons. The molecule has 1 atom stereocenters. The molecule has 1 N–H and O–H groups in total. The highest BCUT2D eigenvalue weighted by atomic mass is 32.2. The third kappa shape index (κ3) is 5.19. The monoisotopic (exact) mass is 379 g/mol. The summed E-state index contributed by atoms with van der Waals surface area (Å²) in [6.07, 6.45) is 2.18. The number of hydrogen-bond donors (Lipinski definition) is 1. The van der Waals surface area contributed by atoms with E-state index in [9.17, 15) is 13.6 Å². The number of thioether (sulfide) groups is 1. The fourth-order valence-corrected chi connectivity index (χ4v) is 3.23. The summed E-state index contributed by atoms with van der Waals surface area (Å²) in [6, 6.07) is 13.2. The molecule has 1 aliphatic heterocycles. The van der Waals surface area contributed by atoms with Gasteiger partial charge in [0.25, 0.3) is 11.7 Å². The topological polar surface area (TPSA) is 47.6 Å². The van der Waals surface area contributed by atoms with Gasteiger partial charge in [0.2, 0.25) is 0 Å². The number of ether oxygens (including phenoxy) is 2. The number of nitrogens with one attached hydrogen (secondary N) is 1. The molecule has 1 aliphatic rings. The lowest BCUT2D eigenvalue weighted by Crippen LogP contribution is -2.16. The van der Waals surface area contributed by atoms with Crippen molar-refractivity contribution in [3.05, 3.63) is 54.1 Å². The van der Waals surface area contributed by atoms with E-state index in [4.69, 9.17) is 9.47 Å². The van der Waals surface area contributed by atoms with Gasteiger partial charge in [0.05, 0.1) is 11.8 Å². The molecule has 7 heteroatoms. The first-order chi connectivity index (χ1) is 12.6. The summed E-state index contributed by atoms with van der Waals surface area (Å²) >= 11 is 0.403. The number of amides is 1. The zero-order valence-electron chi connectivity index (χ0n) is 14.0.